The molecular weight excluding hydrogens is 342 g/mol. The van der Waals surface area contributed by atoms with Crippen LogP contribution in [0, 0.1) is 0 Å². The van der Waals surface area contributed by atoms with E-state index >= 15 is 0 Å². The Morgan fingerprint density at radius 3 is 2.44 bits per heavy atom. The van der Waals surface area contributed by atoms with Gasteiger partial charge in [0.2, 0.25) is 0 Å². The zero-order chi connectivity index (χ0) is 17.9. The van der Waals surface area contributed by atoms with Gasteiger partial charge in [-0.2, -0.15) is 0 Å². The average Bonchev–Trinajstić information content (AvgIpc) is 2.82. The van der Waals surface area contributed by atoms with Gasteiger partial charge in [-0.3, -0.25) is 4.79 Å². The summed E-state index contributed by atoms with van der Waals surface area (Å²) >= 11 is 0. The second-order valence-corrected chi connectivity index (χ2v) is 7.12. The molecule has 2 aromatic rings. The average molecular weight is 357 g/mol. The maximum atomic E-state index is 12.3. The Morgan fingerprint density at radius 2 is 1.72 bits per heavy atom. The van der Waals surface area contributed by atoms with Crippen molar-refractivity contribution >= 4 is 28.0 Å². The Labute approximate surface area is 145 Å². The molecule has 0 unspecified atom stereocenters. The van der Waals surface area contributed by atoms with E-state index in [9.17, 15) is 18.0 Å². The molecule has 2 aromatic carbocycles. The van der Waals surface area contributed by atoms with Crippen LogP contribution in [0.15, 0.2) is 65.6 Å². The van der Waals surface area contributed by atoms with Crippen LogP contribution in [0.1, 0.15) is 15.9 Å². The lowest BCUT2D eigenvalue weighted by Crippen LogP contribution is -2.33. The highest BCUT2D eigenvalue weighted by Gasteiger charge is 2.40. The summed E-state index contributed by atoms with van der Waals surface area (Å²) in [6, 6.07) is 15.2. The number of rotatable bonds is 5. The molecule has 0 atom stereocenters. The molecule has 128 valence electrons. The Balaban J connectivity index is 1.59. The van der Waals surface area contributed by atoms with E-state index in [0.29, 0.717) is 0 Å². The first-order valence-corrected chi connectivity index (χ1v) is 9.00. The molecule has 7 heteroatoms. The lowest BCUT2D eigenvalue weighted by molar-refractivity contribution is -0.137. The lowest BCUT2D eigenvalue weighted by Gasteiger charge is -2.14. The third kappa shape index (κ3) is 3.46. The molecule has 1 aliphatic rings. The van der Waals surface area contributed by atoms with Crippen LogP contribution in [-0.2, 0) is 19.6 Å². The molecule has 1 heterocycles. The van der Waals surface area contributed by atoms with E-state index in [4.69, 9.17) is 4.74 Å². The molecule has 1 aliphatic heterocycles. The first kappa shape index (κ1) is 16.9. The topological polar surface area (TPSA) is 80.8 Å². The second-order valence-electron chi connectivity index (χ2n) is 5.29. The van der Waals surface area contributed by atoms with Crippen molar-refractivity contribution in [2.45, 2.75) is 4.90 Å². The highest BCUT2D eigenvalue weighted by atomic mass is 32.2. The number of ether oxygens (including phenoxy) is 1. The number of sulfonamides is 1. The number of esters is 1. The molecule has 25 heavy (non-hydrogen) atoms. The van der Waals surface area contributed by atoms with Crippen LogP contribution in [0.4, 0.5) is 0 Å². The van der Waals surface area contributed by atoms with Gasteiger partial charge in [0, 0.05) is 6.08 Å². The zero-order valence-corrected chi connectivity index (χ0v) is 14.0. The number of hydrogen-bond donors (Lipinski definition) is 0. The largest absolute Gasteiger partial charge is 0.461 e. The number of hydrogen-bond acceptors (Lipinski definition) is 5. The molecule has 0 bridgehead atoms. The number of carbonyl (C=O) groups excluding carboxylic acids is 2. The minimum absolute atomic E-state index is 0.0182. The van der Waals surface area contributed by atoms with Gasteiger partial charge >= 0.3 is 5.97 Å². The molecule has 1 amide bonds. The quantitative estimate of drug-likeness (QED) is 0.605. The van der Waals surface area contributed by atoms with Crippen LogP contribution in [0.25, 0.3) is 6.08 Å². The molecule has 0 aliphatic carbocycles. The molecule has 0 N–H and O–H groups in total. The molecule has 0 radical (unpaired) electrons. The van der Waals surface area contributed by atoms with Gasteiger partial charge in [-0.25, -0.2) is 17.5 Å². The first-order valence-electron chi connectivity index (χ1n) is 7.56. The van der Waals surface area contributed by atoms with Crippen molar-refractivity contribution in [3.8, 4) is 0 Å². The van der Waals surface area contributed by atoms with Crippen molar-refractivity contribution in [2.75, 3.05) is 13.2 Å². The zero-order valence-electron chi connectivity index (χ0n) is 13.2. The number of nitrogens with zero attached hydrogens (tertiary/aromatic N) is 1. The van der Waals surface area contributed by atoms with Gasteiger partial charge in [-0.05, 0) is 23.8 Å². The maximum Gasteiger partial charge on any atom is 0.330 e. The van der Waals surface area contributed by atoms with E-state index in [-0.39, 0.29) is 23.6 Å². The molecule has 0 saturated heterocycles. The van der Waals surface area contributed by atoms with Gasteiger partial charge in [0.15, 0.2) is 0 Å². The van der Waals surface area contributed by atoms with Crippen LogP contribution >= 0.6 is 0 Å². The fourth-order valence-electron chi connectivity index (χ4n) is 2.46. The van der Waals surface area contributed by atoms with Gasteiger partial charge in [-0.1, -0.05) is 42.5 Å². The van der Waals surface area contributed by atoms with E-state index in [1.165, 1.54) is 18.2 Å². The van der Waals surface area contributed by atoms with Crippen molar-refractivity contribution in [1.82, 2.24) is 4.31 Å². The van der Waals surface area contributed by atoms with Gasteiger partial charge in [0.05, 0.1) is 12.1 Å². The van der Waals surface area contributed by atoms with E-state index < -0.39 is 21.9 Å². The number of amides is 1. The standard InChI is InChI=1S/C18H15NO5S/c20-17(11-10-14-6-2-1-3-7-14)24-13-12-19-18(21)15-8-4-5-9-16(15)25(19,22)23/h1-11H,12-13H2/b11-10+. The van der Waals surface area contributed by atoms with Crippen LogP contribution in [0.5, 0.6) is 0 Å². The minimum Gasteiger partial charge on any atom is -0.461 e. The SMILES string of the molecule is O=C(/C=C/c1ccccc1)OCCN1C(=O)c2ccccc2S1(=O)=O. The molecule has 0 aromatic heterocycles. The van der Waals surface area contributed by atoms with E-state index in [2.05, 4.69) is 0 Å². The fourth-order valence-corrected chi connectivity index (χ4v) is 4.01. The van der Waals surface area contributed by atoms with Crippen LogP contribution in [0.2, 0.25) is 0 Å². The highest BCUT2D eigenvalue weighted by Crippen LogP contribution is 2.29. The van der Waals surface area contributed by atoms with Gasteiger partial charge in [0.1, 0.15) is 11.5 Å². The normalized spacial score (nSPS) is 15.4. The predicted octanol–water partition coefficient (Wildman–Crippen LogP) is 2.09. The number of fused-ring (bicyclic) bond motifs is 1. The van der Waals surface area contributed by atoms with Crippen LogP contribution < -0.4 is 0 Å². The summed E-state index contributed by atoms with van der Waals surface area (Å²) in [7, 11) is -3.87. The monoisotopic (exact) mass is 357 g/mol. The van der Waals surface area contributed by atoms with Crippen molar-refractivity contribution in [2.24, 2.45) is 0 Å². The number of carbonyl (C=O) groups is 2. The van der Waals surface area contributed by atoms with Crippen molar-refractivity contribution < 1.29 is 22.7 Å². The third-order valence-corrected chi connectivity index (χ3v) is 5.50. The highest BCUT2D eigenvalue weighted by molar-refractivity contribution is 7.90. The van der Waals surface area contributed by atoms with Crippen LogP contribution in [0.3, 0.4) is 0 Å². The summed E-state index contributed by atoms with van der Waals surface area (Å²) in [5.41, 5.74) is 0.977. The van der Waals surface area contributed by atoms with E-state index in [1.807, 2.05) is 30.3 Å². The summed E-state index contributed by atoms with van der Waals surface area (Å²) in [5.74, 6) is -1.21. The van der Waals surface area contributed by atoms with Crippen LogP contribution in [-0.4, -0.2) is 37.8 Å². The number of benzene rings is 2. The summed E-state index contributed by atoms with van der Waals surface area (Å²) in [5, 5.41) is 0. The van der Waals surface area contributed by atoms with Crippen molar-refractivity contribution in [3.05, 3.63) is 71.8 Å². The van der Waals surface area contributed by atoms with Crippen molar-refractivity contribution in [1.29, 1.82) is 0 Å². The molecular formula is C18H15NO5S. The Morgan fingerprint density at radius 1 is 1.04 bits per heavy atom. The Hall–Kier alpha value is -2.93. The smallest absolute Gasteiger partial charge is 0.330 e. The van der Waals surface area contributed by atoms with E-state index in [1.54, 1.807) is 18.2 Å². The van der Waals surface area contributed by atoms with E-state index in [0.717, 1.165) is 9.87 Å². The van der Waals surface area contributed by atoms with Crippen molar-refractivity contribution in [3.63, 3.8) is 0 Å². The Bertz CT molecular complexity index is 935. The summed E-state index contributed by atoms with van der Waals surface area (Å²) in [6.45, 7) is -0.433. The van der Waals surface area contributed by atoms with Gasteiger partial charge in [0.25, 0.3) is 15.9 Å². The molecule has 3 rings (SSSR count). The fraction of sp³-hybridized carbons (Fsp3) is 0.111. The minimum atomic E-state index is -3.87. The summed E-state index contributed by atoms with van der Waals surface area (Å²) < 4.78 is 30.4. The lowest BCUT2D eigenvalue weighted by atomic mass is 10.2. The van der Waals surface area contributed by atoms with Gasteiger partial charge in [-0.15, -0.1) is 0 Å². The predicted molar refractivity (Wildman–Crippen MR) is 91.1 cm³/mol. The summed E-state index contributed by atoms with van der Waals surface area (Å²) in [4.78, 5) is 23.9. The molecule has 0 fully saturated rings. The third-order valence-electron chi connectivity index (χ3n) is 3.66. The first-order chi connectivity index (χ1) is 12.0. The molecule has 0 saturated carbocycles. The Kier molecular flexibility index (Phi) is 4.67. The summed E-state index contributed by atoms with van der Waals surface area (Å²) in [6.07, 6.45) is 2.85. The second kappa shape index (κ2) is 6.90. The molecule has 0 spiro atoms. The van der Waals surface area contributed by atoms with Gasteiger partial charge < -0.3 is 4.74 Å². The molecule has 6 nitrogen and oxygen atoms in total. The maximum absolute atomic E-state index is 12.3.